The maximum absolute atomic E-state index is 5.52. The molecule has 0 unspecified atom stereocenters. The zero-order valence-electron chi connectivity index (χ0n) is 13.4. The van der Waals surface area contributed by atoms with Crippen LogP contribution < -0.4 is 0 Å². The molecule has 0 aliphatic rings. The fourth-order valence-electron chi connectivity index (χ4n) is 1.04. The molecule has 0 N–H and O–H groups in total. The highest BCUT2D eigenvalue weighted by Crippen LogP contribution is 2.13. The van der Waals surface area contributed by atoms with E-state index in [1.807, 2.05) is 27.7 Å². The SMILES string of the molecule is CCOCO[Si](OCOCC)(OCOCC)OCOCC. The molecule has 0 spiro atoms. The van der Waals surface area contributed by atoms with Crippen LogP contribution in [-0.2, 0) is 36.7 Å². The van der Waals surface area contributed by atoms with E-state index >= 15 is 0 Å². The van der Waals surface area contributed by atoms with Gasteiger partial charge in [-0.1, -0.05) is 0 Å². The molecule has 128 valence electrons. The van der Waals surface area contributed by atoms with Gasteiger partial charge in [0, 0.05) is 26.4 Å². The highest BCUT2D eigenvalue weighted by atomic mass is 28.4. The molecule has 0 aliphatic heterocycles. The molecule has 0 bridgehead atoms. The summed E-state index contributed by atoms with van der Waals surface area (Å²) in [5.74, 6) is 0. The third kappa shape index (κ3) is 11.2. The summed E-state index contributed by atoms with van der Waals surface area (Å²) < 4.78 is 42.7. The van der Waals surface area contributed by atoms with Crippen LogP contribution in [0.1, 0.15) is 27.7 Å². The molecule has 0 fully saturated rings. The lowest BCUT2D eigenvalue weighted by atomic mass is 10.9. The minimum absolute atomic E-state index is 0.00685. The van der Waals surface area contributed by atoms with E-state index in [0.717, 1.165) is 0 Å². The second-order valence-corrected chi connectivity index (χ2v) is 5.67. The molecule has 0 amide bonds. The maximum atomic E-state index is 5.52. The van der Waals surface area contributed by atoms with Crippen molar-refractivity contribution in [2.24, 2.45) is 0 Å². The van der Waals surface area contributed by atoms with E-state index in [-0.39, 0.29) is 27.2 Å². The van der Waals surface area contributed by atoms with Gasteiger partial charge in [-0.2, -0.15) is 0 Å². The lowest BCUT2D eigenvalue weighted by Crippen LogP contribution is -2.51. The van der Waals surface area contributed by atoms with Gasteiger partial charge in [-0.25, -0.2) is 0 Å². The molecule has 9 heteroatoms. The summed E-state index contributed by atoms with van der Waals surface area (Å²) in [6.45, 7) is 9.43. The first-order valence-electron chi connectivity index (χ1n) is 7.11. The van der Waals surface area contributed by atoms with Gasteiger partial charge in [0.15, 0.2) is 0 Å². The average molecular weight is 328 g/mol. The van der Waals surface area contributed by atoms with Gasteiger partial charge < -0.3 is 36.7 Å². The van der Waals surface area contributed by atoms with Crippen LogP contribution in [0.3, 0.4) is 0 Å². The van der Waals surface area contributed by atoms with E-state index in [0.29, 0.717) is 26.4 Å². The monoisotopic (exact) mass is 328 g/mol. The summed E-state index contributed by atoms with van der Waals surface area (Å²) in [4.78, 5) is 0. The number of hydrogen-bond acceptors (Lipinski definition) is 8. The molecule has 0 aliphatic carbocycles. The molecular weight excluding hydrogens is 300 g/mol. The topological polar surface area (TPSA) is 73.8 Å². The predicted molar refractivity (Wildman–Crippen MR) is 76.1 cm³/mol. The number of hydrogen-bond donors (Lipinski definition) is 0. The summed E-state index contributed by atoms with van der Waals surface area (Å²) >= 11 is 0. The second kappa shape index (κ2) is 14.8. The lowest BCUT2D eigenvalue weighted by molar-refractivity contribution is -0.161. The van der Waals surface area contributed by atoms with Crippen molar-refractivity contribution in [3.8, 4) is 0 Å². The Hall–Kier alpha value is -0.103. The summed E-state index contributed by atoms with van der Waals surface area (Å²) in [6, 6.07) is 0. The zero-order valence-corrected chi connectivity index (χ0v) is 14.4. The Labute approximate surface area is 128 Å². The van der Waals surface area contributed by atoms with Gasteiger partial charge >= 0.3 is 9.05 Å². The minimum Gasteiger partial charge on any atom is -0.356 e. The molecule has 21 heavy (non-hydrogen) atoms. The Morgan fingerprint density at radius 2 is 0.714 bits per heavy atom. The average Bonchev–Trinajstić information content (AvgIpc) is 2.48. The van der Waals surface area contributed by atoms with E-state index in [1.54, 1.807) is 0 Å². The molecule has 0 saturated heterocycles. The lowest BCUT2D eigenvalue weighted by Gasteiger charge is -2.27. The Bertz CT molecular complexity index is 174. The largest absolute Gasteiger partial charge is 0.686 e. The normalized spacial score (nSPS) is 12.0. The smallest absolute Gasteiger partial charge is 0.356 e. The highest BCUT2D eigenvalue weighted by molar-refractivity contribution is 6.53. The van der Waals surface area contributed by atoms with Crippen molar-refractivity contribution in [2.45, 2.75) is 27.7 Å². The van der Waals surface area contributed by atoms with E-state index in [9.17, 15) is 0 Å². The first-order valence-corrected chi connectivity index (χ1v) is 8.74. The van der Waals surface area contributed by atoms with Gasteiger partial charge in [0.2, 0.25) is 0 Å². The molecule has 0 aromatic rings. The summed E-state index contributed by atoms with van der Waals surface area (Å²) in [5, 5.41) is 0. The van der Waals surface area contributed by atoms with Crippen molar-refractivity contribution in [3.63, 3.8) is 0 Å². The van der Waals surface area contributed by atoms with Gasteiger partial charge in [-0.15, -0.1) is 0 Å². The predicted octanol–water partition coefficient (Wildman–Crippen LogP) is 1.46. The van der Waals surface area contributed by atoms with Crippen LogP contribution in [0.5, 0.6) is 0 Å². The van der Waals surface area contributed by atoms with E-state index in [1.165, 1.54) is 0 Å². The molecule has 0 saturated carbocycles. The van der Waals surface area contributed by atoms with Gasteiger partial charge in [0.05, 0.1) is 0 Å². The van der Waals surface area contributed by atoms with E-state index < -0.39 is 9.05 Å². The third-order valence-corrected chi connectivity index (χ3v) is 3.98. The van der Waals surface area contributed by atoms with Crippen LogP contribution in [0, 0.1) is 0 Å². The molecule has 0 aromatic carbocycles. The van der Waals surface area contributed by atoms with Crippen LogP contribution in [0.25, 0.3) is 0 Å². The molecule has 8 nitrogen and oxygen atoms in total. The third-order valence-electron chi connectivity index (χ3n) is 2.09. The number of ether oxygens (including phenoxy) is 4. The summed E-state index contributed by atoms with van der Waals surface area (Å²) in [7, 11) is -3.44. The van der Waals surface area contributed by atoms with E-state index in [4.69, 9.17) is 36.7 Å². The maximum Gasteiger partial charge on any atom is 0.686 e. The van der Waals surface area contributed by atoms with Crippen LogP contribution in [-0.4, -0.2) is 62.6 Å². The van der Waals surface area contributed by atoms with Gasteiger partial charge in [0.1, 0.15) is 27.2 Å². The van der Waals surface area contributed by atoms with Crippen LogP contribution >= 0.6 is 0 Å². The van der Waals surface area contributed by atoms with Crippen molar-refractivity contribution in [1.82, 2.24) is 0 Å². The molecule has 0 radical (unpaired) electrons. The van der Waals surface area contributed by atoms with Crippen molar-refractivity contribution < 1.29 is 36.7 Å². The first kappa shape index (κ1) is 20.9. The molecule has 0 rings (SSSR count). The van der Waals surface area contributed by atoms with E-state index in [2.05, 4.69) is 0 Å². The summed E-state index contributed by atoms with van der Waals surface area (Å²) in [6.07, 6.45) is 0. The Morgan fingerprint density at radius 3 is 0.905 bits per heavy atom. The van der Waals surface area contributed by atoms with Crippen molar-refractivity contribution in [2.75, 3.05) is 53.6 Å². The van der Waals surface area contributed by atoms with Crippen molar-refractivity contribution >= 4 is 9.05 Å². The standard InChI is InChI=1S/C12H28O8Si/c1-5-13-9-17-21(18-10-14-6-2,19-11-15-7-3)20-12-16-8-4/h5-12H2,1-4H3. The zero-order chi connectivity index (χ0) is 15.8. The fraction of sp³-hybridized carbons (Fsp3) is 1.00. The fourth-order valence-corrected chi connectivity index (χ4v) is 2.45. The van der Waals surface area contributed by atoms with Crippen molar-refractivity contribution in [3.05, 3.63) is 0 Å². The Morgan fingerprint density at radius 1 is 0.476 bits per heavy atom. The molecule has 0 heterocycles. The summed E-state index contributed by atoms with van der Waals surface area (Å²) in [5.41, 5.74) is 0. The quantitative estimate of drug-likeness (QED) is 0.239. The van der Waals surface area contributed by atoms with Gasteiger partial charge in [-0.3, -0.25) is 0 Å². The second-order valence-electron chi connectivity index (χ2n) is 3.52. The van der Waals surface area contributed by atoms with Crippen molar-refractivity contribution in [1.29, 1.82) is 0 Å². The van der Waals surface area contributed by atoms with Gasteiger partial charge in [0.25, 0.3) is 0 Å². The Balaban J connectivity index is 4.52. The van der Waals surface area contributed by atoms with Crippen LogP contribution in [0.2, 0.25) is 0 Å². The molecule has 0 atom stereocenters. The number of rotatable bonds is 16. The molecule has 0 aromatic heterocycles. The highest BCUT2D eigenvalue weighted by Gasteiger charge is 2.47. The minimum atomic E-state index is -3.44. The Kier molecular flexibility index (Phi) is 14.7. The van der Waals surface area contributed by atoms with Crippen LogP contribution in [0.4, 0.5) is 0 Å². The van der Waals surface area contributed by atoms with Crippen LogP contribution in [0.15, 0.2) is 0 Å². The molecular formula is C12H28O8Si. The first-order chi connectivity index (χ1) is 10.2. The van der Waals surface area contributed by atoms with Gasteiger partial charge in [-0.05, 0) is 27.7 Å².